The summed E-state index contributed by atoms with van der Waals surface area (Å²) in [6.45, 7) is 8.36. The Kier molecular flexibility index (Phi) is 7.18. The summed E-state index contributed by atoms with van der Waals surface area (Å²) in [6, 6.07) is -0.433. The van der Waals surface area contributed by atoms with Crippen molar-refractivity contribution in [3.63, 3.8) is 0 Å². The molecule has 1 fully saturated rings. The Labute approximate surface area is 117 Å². The van der Waals surface area contributed by atoms with E-state index in [0.717, 1.165) is 32.6 Å². The predicted octanol–water partition coefficient (Wildman–Crippen LogP) is 1.67. The van der Waals surface area contributed by atoms with Crippen LogP contribution in [0.3, 0.4) is 0 Å². The van der Waals surface area contributed by atoms with Gasteiger partial charge in [-0.25, -0.2) is 0 Å². The fourth-order valence-corrected chi connectivity index (χ4v) is 2.04. The van der Waals surface area contributed by atoms with Gasteiger partial charge in [-0.05, 0) is 24.2 Å². The second kappa shape index (κ2) is 7.31. The fourth-order valence-electron chi connectivity index (χ4n) is 2.04. The molecule has 0 aliphatic carbocycles. The lowest BCUT2D eigenvalue weighted by Crippen LogP contribution is -2.50. The number of hydrogen-bond donors (Lipinski definition) is 1. The third kappa shape index (κ3) is 5.12. The summed E-state index contributed by atoms with van der Waals surface area (Å²) in [4.78, 5) is 13.9. The highest BCUT2D eigenvalue weighted by atomic mass is 35.5. The largest absolute Gasteiger partial charge is 0.381 e. The number of nitrogens with zero attached hydrogens (tertiary/aromatic N) is 1. The van der Waals surface area contributed by atoms with E-state index in [-0.39, 0.29) is 23.7 Å². The average molecular weight is 279 g/mol. The molecule has 4 nitrogen and oxygen atoms in total. The van der Waals surface area contributed by atoms with Gasteiger partial charge >= 0.3 is 0 Å². The summed E-state index contributed by atoms with van der Waals surface area (Å²) < 4.78 is 5.42. The van der Waals surface area contributed by atoms with E-state index >= 15 is 0 Å². The van der Waals surface area contributed by atoms with Crippen molar-refractivity contribution in [3.8, 4) is 0 Å². The van der Waals surface area contributed by atoms with Gasteiger partial charge in [0.15, 0.2) is 0 Å². The van der Waals surface area contributed by atoms with Crippen LogP contribution in [0.1, 0.15) is 33.6 Å². The highest BCUT2D eigenvalue weighted by molar-refractivity contribution is 5.85. The minimum absolute atomic E-state index is 0. The van der Waals surface area contributed by atoms with Crippen molar-refractivity contribution in [2.24, 2.45) is 17.1 Å². The van der Waals surface area contributed by atoms with E-state index < -0.39 is 6.04 Å². The average Bonchev–Trinajstić information content (AvgIpc) is 2.27. The number of likely N-dealkylation sites (N-methyl/N-ethyl adjacent to an activating group) is 1. The Morgan fingerprint density at radius 3 is 2.56 bits per heavy atom. The molecule has 0 bridgehead atoms. The Hall–Kier alpha value is -0.320. The number of rotatable bonds is 3. The van der Waals surface area contributed by atoms with Crippen LogP contribution in [-0.4, -0.2) is 43.7 Å². The Morgan fingerprint density at radius 2 is 2.11 bits per heavy atom. The lowest BCUT2D eigenvalue weighted by atomic mass is 9.86. The first-order valence-electron chi connectivity index (χ1n) is 6.40. The van der Waals surface area contributed by atoms with Gasteiger partial charge in [0, 0.05) is 20.2 Å². The zero-order chi connectivity index (χ0) is 13.1. The van der Waals surface area contributed by atoms with Gasteiger partial charge in [0.05, 0.1) is 12.6 Å². The summed E-state index contributed by atoms with van der Waals surface area (Å²) in [7, 11) is 1.84. The van der Waals surface area contributed by atoms with E-state index in [1.54, 1.807) is 4.90 Å². The molecule has 1 unspecified atom stereocenters. The maximum Gasteiger partial charge on any atom is 0.239 e. The third-order valence-corrected chi connectivity index (χ3v) is 3.36. The van der Waals surface area contributed by atoms with E-state index in [4.69, 9.17) is 10.5 Å². The summed E-state index contributed by atoms with van der Waals surface area (Å²) in [5, 5.41) is 0. The number of halogens is 1. The van der Waals surface area contributed by atoms with Gasteiger partial charge in [-0.15, -0.1) is 12.4 Å². The lowest BCUT2D eigenvalue weighted by Gasteiger charge is -2.32. The first-order valence-corrected chi connectivity index (χ1v) is 6.40. The van der Waals surface area contributed by atoms with E-state index in [1.165, 1.54) is 0 Å². The van der Waals surface area contributed by atoms with Crippen LogP contribution in [0.4, 0.5) is 0 Å². The van der Waals surface area contributed by atoms with Crippen LogP contribution in [0.2, 0.25) is 0 Å². The standard InChI is InChI=1S/C13H26N2O2.ClH/c1-13(2,3)11(14)12(16)15(4)8-10-6-5-7-17-9-10;/h10-11H,5-9,14H2,1-4H3;1H/t10?,11-;/m1./s1. The number of hydrogen-bond acceptors (Lipinski definition) is 3. The molecule has 1 aliphatic rings. The van der Waals surface area contributed by atoms with Gasteiger partial charge in [0.2, 0.25) is 5.91 Å². The Balaban J connectivity index is 0.00000289. The minimum atomic E-state index is -0.433. The van der Waals surface area contributed by atoms with Crippen molar-refractivity contribution >= 4 is 18.3 Å². The van der Waals surface area contributed by atoms with Crippen molar-refractivity contribution in [2.45, 2.75) is 39.7 Å². The summed E-state index contributed by atoms with van der Waals surface area (Å²) >= 11 is 0. The molecular weight excluding hydrogens is 252 g/mol. The summed E-state index contributed by atoms with van der Waals surface area (Å²) in [6.07, 6.45) is 2.24. The molecule has 0 aromatic carbocycles. The SMILES string of the molecule is CN(CC1CCCOC1)C(=O)[C@@H](N)C(C)(C)C.Cl. The van der Waals surface area contributed by atoms with E-state index in [0.29, 0.717) is 5.92 Å². The number of carbonyl (C=O) groups is 1. The molecule has 0 aromatic heterocycles. The topological polar surface area (TPSA) is 55.6 Å². The van der Waals surface area contributed by atoms with E-state index in [1.807, 2.05) is 27.8 Å². The van der Waals surface area contributed by atoms with Crippen molar-refractivity contribution in [2.75, 3.05) is 26.8 Å². The molecule has 2 N–H and O–H groups in total. The molecule has 1 amide bonds. The molecular formula is C13H27ClN2O2. The highest BCUT2D eigenvalue weighted by Gasteiger charge is 2.30. The molecule has 0 spiro atoms. The molecule has 5 heteroatoms. The Bertz CT molecular complexity index is 260. The maximum absolute atomic E-state index is 12.1. The molecule has 18 heavy (non-hydrogen) atoms. The van der Waals surface area contributed by atoms with Gasteiger partial charge in [-0.2, -0.15) is 0 Å². The summed E-state index contributed by atoms with van der Waals surface area (Å²) in [5.41, 5.74) is 5.79. The van der Waals surface area contributed by atoms with Crippen LogP contribution in [0, 0.1) is 11.3 Å². The number of carbonyl (C=O) groups excluding carboxylic acids is 1. The number of ether oxygens (including phenoxy) is 1. The number of nitrogens with two attached hydrogens (primary N) is 1. The van der Waals surface area contributed by atoms with E-state index in [2.05, 4.69) is 0 Å². The van der Waals surface area contributed by atoms with Crippen LogP contribution >= 0.6 is 12.4 Å². The molecule has 0 aromatic rings. The first-order chi connectivity index (χ1) is 7.82. The van der Waals surface area contributed by atoms with Crippen molar-refractivity contribution in [3.05, 3.63) is 0 Å². The minimum Gasteiger partial charge on any atom is -0.381 e. The molecule has 2 atom stereocenters. The molecule has 1 heterocycles. The Morgan fingerprint density at radius 1 is 1.50 bits per heavy atom. The summed E-state index contributed by atoms with van der Waals surface area (Å²) in [5.74, 6) is 0.493. The zero-order valence-corrected chi connectivity index (χ0v) is 12.8. The van der Waals surface area contributed by atoms with Gasteiger partial charge in [-0.3, -0.25) is 4.79 Å². The van der Waals surface area contributed by atoms with Crippen molar-refractivity contribution < 1.29 is 9.53 Å². The van der Waals surface area contributed by atoms with Crippen LogP contribution in [0.15, 0.2) is 0 Å². The zero-order valence-electron chi connectivity index (χ0n) is 11.9. The normalized spacial score (nSPS) is 21.9. The van der Waals surface area contributed by atoms with Crippen molar-refractivity contribution in [1.29, 1.82) is 0 Å². The maximum atomic E-state index is 12.1. The fraction of sp³-hybridized carbons (Fsp3) is 0.923. The molecule has 1 rings (SSSR count). The van der Waals surface area contributed by atoms with Crippen molar-refractivity contribution in [1.82, 2.24) is 4.90 Å². The molecule has 0 radical (unpaired) electrons. The lowest BCUT2D eigenvalue weighted by molar-refractivity contribution is -0.134. The van der Waals surface area contributed by atoms with Gasteiger partial charge in [-0.1, -0.05) is 20.8 Å². The van der Waals surface area contributed by atoms with Crippen LogP contribution in [-0.2, 0) is 9.53 Å². The number of amides is 1. The van der Waals surface area contributed by atoms with Crippen LogP contribution in [0.5, 0.6) is 0 Å². The molecule has 1 aliphatic heterocycles. The second-order valence-corrected chi connectivity index (χ2v) is 6.15. The monoisotopic (exact) mass is 278 g/mol. The predicted molar refractivity (Wildman–Crippen MR) is 75.9 cm³/mol. The highest BCUT2D eigenvalue weighted by Crippen LogP contribution is 2.20. The van der Waals surface area contributed by atoms with Gasteiger partial charge in [0.1, 0.15) is 0 Å². The smallest absolute Gasteiger partial charge is 0.239 e. The van der Waals surface area contributed by atoms with Crippen LogP contribution < -0.4 is 5.73 Å². The third-order valence-electron chi connectivity index (χ3n) is 3.36. The van der Waals surface area contributed by atoms with E-state index in [9.17, 15) is 4.79 Å². The molecule has 0 saturated carbocycles. The second-order valence-electron chi connectivity index (χ2n) is 6.15. The molecule has 108 valence electrons. The van der Waals surface area contributed by atoms with Crippen LogP contribution in [0.25, 0.3) is 0 Å². The van der Waals surface area contributed by atoms with Gasteiger partial charge < -0.3 is 15.4 Å². The first kappa shape index (κ1) is 17.7. The molecule has 1 saturated heterocycles. The quantitative estimate of drug-likeness (QED) is 0.854. The van der Waals surface area contributed by atoms with Gasteiger partial charge in [0.25, 0.3) is 0 Å².